The third-order valence-electron chi connectivity index (χ3n) is 6.69. The van der Waals surface area contributed by atoms with E-state index in [2.05, 4.69) is 27.7 Å². The molecule has 0 aromatic rings. The molecule has 19 heavy (non-hydrogen) atoms. The van der Waals surface area contributed by atoms with Crippen molar-refractivity contribution in [2.75, 3.05) is 13.2 Å². The lowest BCUT2D eigenvalue weighted by Gasteiger charge is -2.63. The molecule has 3 N–H and O–H groups in total. The highest BCUT2D eigenvalue weighted by molar-refractivity contribution is 5.08. The molecule has 5 unspecified atom stereocenters. The van der Waals surface area contributed by atoms with E-state index in [0.29, 0.717) is 5.92 Å². The zero-order valence-corrected chi connectivity index (χ0v) is 12.8. The van der Waals surface area contributed by atoms with Gasteiger partial charge in [-0.25, -0.2) is 0 Å². The second-order valence-electron chi connectivity index (χ2n) is 8.02. The summed E-state index contributed by atoms with van der Waals surface area (Å²) in [5, 5.41) is 30.0. The highest BCUT2D eigenvalue weighted by Gasteiger charge is 2.59. The summed E-state index contributed by atoms with van der Waals surface area (Å²) < 4.78 is 0. The molecule has 0 bridgehead atoms. The normalized spacial score (nSPS) is 49.7. The largest absolute Gasteiger partial charge is 0.396 e. The van der Waals surface area contributed by atoms with Gasteiger partial charge >= 0.3 is 0 Å². The maximum Gasteiger partial charge on any atom is 0.0594 e. The van der Waals surface area contributed by atoms with Crippen LogP contribution in [0.4, 0.5) is 0 Å². The first-order chi connectivity index (χ1) is 8.72. The first-order valence-electron chi connectivity index (χ1n) is 7.62. The monoisotopic (exact) mass is 270 g/mol. The van der Waals surface area contributed by atoms with E-state index in [1.54, 1.807) is 0 Å². The molecule has 0 spiro atoms. The molecule has 112 valence electrons. The lowest BCUT2D eigenvalue weighted by atomic mass is 9.43. The Bertz CT molecular complexity index is 332. The smallest absolute Gasteiger partial charge is 0.0594 e. The fourth-order valence-electron chi connectivity index (χ4n) is 5.26. The zero-order chi connectivity index (χ0) is 14.5. The number of hydrogen-bond donors (Lipinski definition) is 3. The quantitative estimate of drug-likeness (QED) is 0.721. The van der Waals surface area contributed by atoms with Crippen LogP contribution in [-0.2, 0) is 0 Å². The summed E-state index contributed by atoms with van der Waals surface area (Å²) in [7, 11) is 0. The Morgan fingerprint density at radius 2 is 1.63 bits per heavy atom. The molecule has 0 saturated heterocycles. The third-order valence-corrected chi connectivity index (χ3v) is 6.69. The fraction of sp³-hybridized carbons (Fsp3) is 1.00. The van der Waals surface area contributed by atoms with Gasteiger partial charge in [-0.2, -0.15) is 0 Å². The molecule has 0 heterocycles. The average Bonchev–Trinajstić information content (AvgIpc) is 2.34. The molecule has 3 nitrogen and oxygen atoms in total. The van der Waals surface area contributed by atoms with Gasteiger partial charge in [-0.3, -0.25) is 0 Å². The molecule has 2 rings (SSSR count). The molecule has 2 aliphatic carbocycles. The predicted octanol–water partition coefficient (Wildman–Crippen LogP) is 2.19. The third kappa shape index (κ3) is 2.05. The molecule has 2 aliphatic rings. The van der Waals surface area contributed by atoms with Crippen molar-refractivity contribution >= 4 is 0 Å². The lowest BCUT2D eigenvalue weighted by molar-refractivity contribution is -0.186. The van der Waals surface area contributed by atoms with Crippen molar-refractivity contribution in [3.63, 3.8) is 0 Å². The Hall–Kier alpha value is -0.120. The van der Waals surface area contributed by atoms with Crippen molar-refractivity contribution in [2.24, 2.45) is 28.1 Å². The van der Waals surface area contributed by atoms with Gasteiger partial charge in [0, 0.05) is 13.2 Å². The van der Waals surface area contributed by atoms with Gasteiger partial charge in [0.2, 0.25) is 0 Å². The molecular weight excluding hydrogens is 240 g/mol. The van der Waals surface area contributed by atoms with Crippen LogP contribution in [0, 0.1) is 28.1 Å². The standard InChI is InChI=1S/C16H30O3/c1-14(2)11-5-7-15(3,10-18)12(9-17)16(11,4)8-6-13(14)19/h11-13,17-19H,5-10H2,1-4H3. The maximum atomic E-state index is 10.3. The van der Waals surface area contributed by atoms with Crippen LogP contribution in [0.1, 0.15) is 53.4 Å². The topological polar surface area (TPSA) is 60.7 Å². The van der Waals surface area contributed by atoms with Gasteiger partial charge in [-0.05, 0) is 53.8 Å². The molecule has 2 saturated carbocycles. The van der Waals surface area contributed by atoms with Crippen LogP contribution in [0.2, 0.25) is 0 Å². The minimum Gasteiger partial charge on any atom is -0.396 e. The Balaban J connectivity index is 2.40. The lowest BCUT2D eigenvalue weighted by Crippen LogP contribution is -2.60. The van der Waals surface area contributed by atoms with Crippen LogP contribution in [-0.4, -0.2) is 34.6 Å². The highest BCUT2D eigenvalue weighted by atomic mass is 16.3. The van der Waals surface area contributed by atoms with Gasteiger partial charge in [0.05, 0.1) is 6.10 Å². The summed E-state index contributed by atoms with van der Waals surface area (Å²) in [5.74, 6) is 0.538. The summed E-state index contributed by atoms with van der Waals surface area (Å²) in [6.45, 7) is 8.97. The second-order valence-corrected chi connectivity index (χ2v) is 8.02. The Morgan fingerprint density at radius 3 is 2.16 bits per heavy atom. The number of hydrogen-bond acceptors (Lipinski definition) is 3. The van der Waals surface area contributed by atoms with Crippen LogP contribution in [0.25, 0.3) is 0 Å². The number of aliphatic hydroxyl groups excluding tert-OH is 3. The molecule has 0 aromatic carbocycles. The highest BCUT2D eigenvalue weighted by Crippen LogP contribution is 2.63. The van der Waals surface area contributed by atoms with E-state index in [9.17, 15) is 15.3 Å². The molecular formula is C16H30O3. The van der Waals surface area contributed by atoms with Crippen LogP contribution in [0.3, 0.4) is 0 Å². The van der Waals surface area contributed by atoms with E-state index in [1.165, 1.54) is 0 Å². The van der Waals surface area contributed by atoms with E-state index in [-0.39, 0.29) is 41.5 Å². The molecule has 0 amide bonds. The first kappa shape index (κ1) is 15.3. The number of aliphatic hydroxyl groups is 3. The van der Waals surface area contributed by atoms with Gasteiger partial charge < -0.3 is 15.3 Å². The van der Waals surface area contributed by atoms with Crippen LogP contribution < -0.4 is 0 Å². The second kappa shape index (κ2) is 4.71. The first-order valence-corrected chi connectivity index (χ1v) is 7.62. The molecule has 5 atom stereocenters. The van der Waals surface area contributed by atoms with E-state index >= 15 is 0 Å². The predicted molar refractivity (Wildman–Crippen MR) is 75.6 cm³/mol. The van der Waals surface area contributed by atoms with Crippen molar-refractivity contribution in [1.82, 2.24) is 0 Å². The Morgan fingerprint density at radius 1 is 1.00 bits per heavy atom. The van der Waals surface area contributed by atoms with Gasteiger partial charge in [0.1, 0.15) is 0 Å². The van der Waals surface area contributed by atoms with Crippen molar-refractivity contribution in [3.05, 3.63) is 0 Å². The average molecular weight is 270 g/mol. The summed E-state index contributed by atoms with van der Waals surface area (Å²) in [6.07, 6.45) is 3.48. The molecule has 2 fully saturated rings. The van der Waals surface area contributed by atoms with Gasteiger partial charge in [0.15, 0.2) is 0 Å². The van der Waals surface area contributed by atoms with Crippen LogP contribution in [0.5, 0.6) is 0 Å². The van der Waals surface area contributed by atoms with E-state index in [0.717, 1.165) is 25.7 Å². The summed E-state index contributed by atoms with van der Waals surface area (Å²) >= 11 is 0. The van der Waals surface area contributed by atoms with Crippen molar-refractivity contribution in [3.8, 4) is 0 Å². The van der Waals surface area contributed by atoms with Gasteiger partial charge in [-0.1, -0.05) is 27.7 Å². The molecule has 0 aromatic heterocycles. The molecule has 3 heteroatoms. The Kier molecular flexibility index (Phi) is 3.79. The van der Waals surface area contributed by atoms with E-state index in [4.69, 9.17) is 0 Å². The van der Waals surface area contributed by atoms with Crippen LogP contribution in [0.15, 0.2) is 0 Å². The molecule has 0 radical (unpaired) electrons. The van der Waals surface area contributed by atoms with Gasteiger partial charge in [-0.15, -0.1) is 0 Å². The summed E-state index contributed by atoms with van der Waals surface area (Å²) in [4.78, 5) is 0. The number of fused-ring (bicyclic) bond motifs is 1. The van der Waals surface area contributed by atoms with E-state index in [1.807, 2.05) is 0 Å². The summed E-state index contributed by atoms with van der Waals surface area (Å²) in [6, 6.07) is 0. The van der Waals surface area contributed by atoms with Crippen LogP contribution >= 0.6 is 0 Å². The minimum absolute atomic E-state index is 0.0210. The van der Waals surface area contributed by atoms with Crippen molar-refractivity contribution < 1.29 is 15.3 Å². The number of rotatable bonds is 2. The minimum atomic E-state index is -0.247. The van der Waals surface area contributed by atoms with E-state index < -0.39 is 0 Å². The van der Waals surface area contributed by atoms with Crippen molar-refractivity contribution in [2.45, 2.75) is 59.5 Å². The molecule has 0 aliphatic heterocycles. The zero-order valence-electron chi connectivity index (χ0n) is 12.8. The van der Waals surface area contributed by atoms with Crippen molar-refractivity contribution in [1.29, 1.82) is 0 Å². The fourth-order valence-corrected chi connectivity index (χ4v) is 5.26. The summed E-state index contributed by atoms with van der Waals surface area (Å²) in [5.41, 5.74) is -0.261. The van der Waals surface area contributed by atoms with Gasteiger partial charge in [0.25, 0.3) is 0 Å². The SMILES string of the molecule is CC1(CO)CCC2C(C)(C)C(O)CCC2(C)C1CO. The maximum absolute atomic E-state index is 10.3. The Labute approximate surface area is 117 Å².